The van der Waals surface area contributed by atoms with Crippen LogP contribution in [0.4, 0.5) is 0 Å². The van der Waals surface area contributed by atoms with Gasteiger partial charge in [-0.1, -0.05) is 20.8 Å². The summed E-state index contributed by atoms with van der Waals surface area (Å²) in [5, 5.41) is 8.76. The molecule has 16 heavy (non-hydrogen) atoms. The summed E-state index contributed by atoms with van der Waals surface area (Å²) in [6.07, 6.45) is 2.03. The van der Waals surface area contributed by atoms with Crippen molar-refractivity contribution in [3.63, 3.8) is 0 Å². The molecule has 1 amide bonds. The number of carboxylic acids is 1. The molecule has 1 N–H and O–H groups in total. The third-order valence-corrected chi connectivity index (χ3v) is 2.68. The maximum atomic E-state index is 11.8. The van der Waals surface area contributed by atoms with E-state index in [2.05, 4.69) is 13.8 Å². The summed E-state index contributed by atoms with van der Waals surface area (Å²) < 4.78 is 0. The Hall–Kier alpha value is -1.06. The third kappa shape index (κ3) is 5.73. The van der Waals surface area contributed by atoms with E-state index < -0.39 is 5.97 Å². The van der Waals surface area contributed by atoms with Crippen molar-refractivity contribution in [3.8, 4) is 0 Å². The van der Waals surface area contributed by atoms with Gasteiger partial charge in [0, 0.05) is 12.5 Å². The Bertz CT molecular complexity index is 238. The molecule has 0 fully saturated rings. The lowest BCUT2D eigenvalue weighted by atomic mass is 10.1. The SMILES string of the molecule is CCC(C)N(CC(=O)O)C(=O)CCC(C)C. The van der Waals surface area contributed by atoms with Gasteiger partial charge in [-0.05, 0) is 25.7 Å². The molecule has 0 saturated carbocycles. The van der Waals surface area contributed by atoms with Crippen molar-refractivity contribution >= 4 is 11.9 Å². The Kier molecular flexibility index (Phi) is 6.77. The predicted molar refractivity (Wildman–Crippen MR) is 63.2 cm³/mol. The van der Waals surface area contributed by atoms with Gasteiger partial charge >= 0.3 is 5.97 Å². The van der Waals surface area contributed by atoms with Gasteiger partial charge < -0.3 is 10.0 Å². The molecule has 0 aliphatic rings. The molecule has 94 valence electrons. The first-order chi connectivity index (χ1) is 7.38. The minimum Gasteiger partial charge on any atom is -0.480 e. The number of amides is 1. The topological polar surface area (TPSA) is 57.6 Å². The van der Waals surface area contributed by atoms with Gasteiger partial charge in [0.2, 0.25) is 5.91 Å². The van der Waals surface area contributed by atoms with E-state index in [0.29, 0.717) is 12.3 Å². The number of carbonyl (C=O) groups excluding carboxylic acids is 1. The lowest BCUT2D eigenvalue weighted by molar-refractivity contribution is -0.146. The fourth-order valence-corrected chi connectivity index (χ4v) is 1.41. The summed E-state index contributed by atoms with van der Waals surface area (Å²) >= 11 is 0. The fourth-order valence-electron chi connectivity index (χ4n) is 1.41. The summed E-state index contributed by atoms with van der Waals surface area (Å²) in [6.45, 7) is 7.76. The zero-order chi connectivity index (χ0) is 12.7. The molecule has 0 bridgehead atoms. The van der Waals surface area contributed by atoms with E-state index in [-0.39, 0.29) is 18.5 Å². The number of carboxylic acid groups (broad SMARTS) is 1. The maximum absolute atomic E-state index is 11.8. The molecule has 0 spiro atoms. The molecule has 4 heteroatoms. The zero-order valence-corrected chi connectivity index (χ0v) is 10.7. The van der Waals surface area contributed by atoms with E-state index in [9.17, 15) is 9.59 Å². The van der Waals surface area contributed by atoms with Gasteiger partial charge in [-0.25, -0.2) is 0 Å². The highest BCUT2D eigenvalue weighted by atomic mass is 16.4. The second-order valence-electron chi connectivity index (χ2n) is 4.61. The Labute approximate surface area is 97.6 Å². The number of nitrogens with zero attached hydrogens (tertiary/aromatic N) is 1. The van der Waals surface area contributed by atoms with Crippen molar-refractivity contribution in [3.05, 3.63) is 0 Å². The van der Waals surface area contributed by atoms with Crippen LogP contribution in [0, 0.1) is 5.92 Å². The molecule has 0 aliphatic heterocycles. The van der Waals surface area contributed by atoms with Gasteiger partial charge in [-0.3, -0.25) is 9.59 Å². The van der Waals surface area contributed by atoms with E-state index in [0.717, 1.165) is 12.8 Å². The second kappa shape index (κ2) is 7.25. The molecule has 0 aliphatic carbocycles. The molecule has 0 aromatic heterocycles. The van der Waals surface area contributed by atoms with Crippen LogP contribution in [0.15, 0.2) is 0 Å². The fraction of sp³-hybridized carbons (Fsp3) is 0.833. The highest BCUT2D eigenvalue weighted by molar-refractivity contribution is 5.81. The highest BCUT2D eigenvalue weighted by Crippen LogP contribution is 2.10. The first kappa shape index (κ1) is 14.9. The van der Waals surface area contributed by atoms with Crippen LogP contribution in [-0.2, 0) is 9.59 Å². The average molecular weight is 229 g/mol. The Morgan fingerprint density at radius 3 is 2.19 bits per heavy atom. The Morgan fingerprint density at radius 1 is 1.25 bits per heavy atom. The molecule has 0 radical (unpaired) electrons. The lowest BCUT2D eigenvalue weighted by Gasteiger charge is -2.27. The van der Waals surface area contributed by atoms with Crippen LogP contribution >= 0.6 is 0 Å². The Morgan fingerprint density at radius 2 is 1.81 bits per heavy atom. The molecule has 0 saturated heterocycles. The molecular formula is C12H23NO3. The average Bonchev–Trinajstić information content (AvgIpc) is 2.21. The predicted octanol–water partition coefficient (Wildman–Crippen LogP) is 2.13. The summed E-state index contributed by atoms with van der Waals surface area (Å²) in [5.41, 5.74) is 0. The summed E-state index contributed by atoms with van der Waals surface area (Å²) in [5.74, 6) is -0.531. The quantitative estimate of drug-likeness (QED) is 0.727. The molecule has 1 atom stereocenters. The molecule has 0 aromatic rings. The van der Waals surface area contributed by atoms with E-state index in [1.165, 1.54) is 4.90 Å². The van der Waals surface area contributed by atoms with Gasteiger partial charge in [0.15, 0.2) is 0 Å². The van der Waals surface area contributed by atoms with Crippen LogP contribution in [0.5, 0.6) is 0 Å². The molecule has 1 unspecified atom stereocenters. The van der Waals surface area contributed by atoms with E-state index in [1.54, 1.807) is 0 Å². The molecular weight excluding hydrogens is 206 g/mol. The lowest BCUT2D eigenvalue weighted by Crippen LogP contribution is -2.41. The second-order valence-corrected chi connectivity index (χ2v) is 4.61. The van der Waals surface area contributed by atoms with Gasteiger partial charge in [-0.15, -0.1) is 0 Å². The van der Waals surface area contributed by atoms with Gasteiger partial charge in [0.1, 0.15) is 6.54 Å². The number of hydrogen-bond donors (Lipinski definition) is 1. The van der Waals surface area contributed by atoms with Crippen LogP contribution in [0.1, 0.15) is 47.0 Å². The zero-order valence-electron chi connectivity index (χ0n) is 10.7. The summed E-state index contributed by atoms with van der Waals surface area (Å²) in [6, 6.07) is -0.00392. The van der Waals surface area contributed by atoms with Crippen LogP contribution < -0.4 is 0 Å². The van der Waals surface area contributed by atoms with E-state index >= 15 is 0 Å². The van der Waals surface area contributed by atoms with Crippen molar-refractivity contribution in [2.24, 2.45) is 5.92 Å². The van der Waals surface area contributed by atoms with Crippen molar-refractivity contribution in [1.82, 2.24) is 4.90 Å². The number of rotatable bonds is 7. The summed E-state index contributed by atoms with van der Waals surface area (Å²) in [7, 11) is 0. The summed E-state index contributed by atoms with van der Waals surface area (Å²) in [4.78, 5) is 24.0. The van der Waals surface area contributed by atoms with Crippen LogP contribution in [0.25, 0.3) is 0 Å². The first-order valence-corrected chi connectivity index (χ1v) is 5.89. The van der Waals surface area contributed by atoms with Crippen molar-refractivity contribution < 1.29 is 14.7 Å². The van der Waals surface area contributed by atoms with Crippen LogP contribution in [0.2, 0.25) is 0 Å². The smallest absolute Gasteiger partial charge is 0.323 e. The third-order valence-electron chi connectivity index (χ3n) is 2.68. The van der Waals surface area contributed by atoms with Crippen LogP contribution in [0.3, 0.4) is 0 Å². The largest absolute Gasteiger partial charge is 0.480 e. The van der Waals surface area contributed by atoms with E-state index in [1.807, 2.05) is 13.8 Å². The van der Waals surface area contributed by atoms with Crippen LogP contribution in [-0.4, -0.2) is 34.5 Å². The monoisotopic (exact) mass is 229 g/mol. The minimum atomic E-state index is -0.946. The Balaban J connectivity index is 4.37. The molecule has 0 heterocycles. The first-order valence-electron chi connectivity index (χ1n) is 5.89. The standard InChI is InChI=1S/C12H23NO3/c1-5-10(4)13(8-12(15)16)11(14)7-6-9(2)3/h9-10H,5-8H2,1-4H3,(H,15,16). The van der Waals surface area contributed by atoms with Crippen molar-refractivity contribution in [2.45, 2.75) is 53.0 Å². The highest BCUT2D eigenvalue weighted by Gasteiger charge is 2.21. The van der Waals surface area contributed by atoms with Crippen molar-refractivity contribution in [2.75, 3.05) is 6.54 Å². The van der Waals surface area contributed by atoms with Gasteiger partial charge in [0.25, 0.3) is 0 Å². The number of carbonyl (C=O) groups is 2. The van der Waals surface area contributed by atoms with Crippen molar-refractivity contribution in [1.29, 1.82) is 0 Å². The molecule has 4 nitrogen and oxygen atoms in total. The molecule has 0 rings (SSSR count). The number of aliphatic carboxylic acids is 1. The molecule has 0 aromatic carbocycles. The minimum absolute atomic E-state index is 0.00392. The van der Waals surface area contributed by atoms with E-state index in [4.69, 9.17) is 5.11 Å². The normalized spacial score (nSPS) is 12.6. The van der Waals surface area contributed by atoms with Gasteiger partial charge in [0.05, 0.1) is 0 Å². The maximum Gasteiger partial charge on any atom is 0.323 e. The van der Waals surface area contributed by atoms with Gasteiger partial charge in [-0.2, -0.15) is 0 Å². The number of hydrogen-bond acceptors (Lipinski definition) is 2.